The summed E-state index contributed by atoms with van der Waals surface area (Å²) in [6.45, 7) is 6.41. The third kappa shape index (κ3) is 3.92. The Kier molecular flexibility index (Phi) is 5.01. The van der Waals surface area contributed by atoms with Crippen LogP contribution in [0.3, 0.4) is 0 Å². The molecule has 0 aliphatic heterocycles. The summed E-state index contributed by atoms with van der Waals surface area (Å²) >= 11 is 5.85. The molecule has 0 heterocycles. The van der Waals surface area contributed by atoms with Gasteiger partial charge in [0.2, 0.25) is 10.0 Å². The molecule has 0 aromatic heterocycles. The predicted octanol–water partition coefficient (Wildman–Crippen LogP) is 2.25. The lowest BCUT2D eigenvalue weighted by Gasteiger charge is -2.28. The molecular weight excluding hydrogens is 284 g/mol. The van der Waals surface area contributed by atoms with Crippen LogP contribution in [0.4, 0.5) is 0 Å². The van der Waals surface area contributed by atoms with Crippen molar-refractivity contribution in [2.24, 2.45) is 11.1 Å². The number of sulfonamides is 1. The highest BCUT2D eigenvalue weighted by atomic mass is 35.5. The molecule has 0 fully saturated rings. The smallest absolute Gasteiger partial charge is 0.243 e. The summed E-state index contributed by atoms with van der Waals surface area (Å²) in [6.07, 6.45) is 0. The van der Waals surface area contributed by atoms with E-state index in [0.717, 1.165) is 0 Å². The Balaban J connectivity index is 3.10. The number of nitrogens with two attached hydrogens (primary N) is 1. The van der Waals surface area contributed by atoms with Gasteiger partial charge in [-0.1, -0.05) is 25.4 Å². The Morgan fingerprint density at radius 1 is 1.37 bits per heavy atom. The molecule has 2 N–H and O–H groups in total. The van der Waals surface area contributed by atoms with Gasteiger partial charge in [-0.05, 0) is 42.6 Å². The summed E-state index contributed by atoms with van der Waals surface area (Å²) in [6, 6.07) is 4.78. The first-order valence-corrected chi connectivity index (χ1v) is 7.84. The fraction of sp³-hybridized carbons (Fsp3) is 0.538. The second kappa shape index (κ2) is 5.79. The van der Waals surface area contributed by atoms with Crippen molar-refractivity contribution in [3.63, 3.8) is 0 Å². The van der Waals surface area contributed by atoms with Gasteiger partial charge in [-0.2, -0.15) is 0 Å². The van der Waals surface area contributed by atoms with Crippen LogP contribution >= 0.6 is 11.6 Å². The molecule has 108 valence electrons. The molecule has 0 saturated carbocycles. The molecule has 4 nitrogen and oxygen atoms in total. The molecule has 1 aromatic carbocycles. The van der Waals surface area contributed by atoms with E-state index in [2.05, 4.69) is 0 Å². The maximum absolute atomic E-state index is 12.5. The van der Waals surface area contributed by atoms with Crippen molar-refractivity contribution in [2.75, 3.05) is 20.1 Å². The van der Waals surface area contributed by atoms with Crippen LogP contribution in [-0.2, 0) is 10.0 Å². The standard InChI is InChI=1S/C13H21ClN2O2S/c1-10-7-11(14)5-6-12(10)19(17,18)16(4)9-13(2,3)8-15/h5-7H,8-9,15H2,1-4H3. The van der Waals surface area contributed by atoms with Crippen LogP contribution in [0.2, 0.25) is 5.02 Å². The van der Waals surface area contributed by atoms with Crippen molar-refractivity contribution in [3.8, 4) is 0 Å². The third-order valence-corrected chi connectivity index (χ3v) is 5.23. The van der Waals surface area contributed by atoms with Gasteiger partial charge in [0.15, 0.2) is 0 Å². The van der Waals surface area contributed by atoms with Gasteiger partial charge in [-0.15, -0.1) is 0 Å². The summed E-state index contributed by atoms with van der Waals surface area (Å²) in [5.41, 5.74) is 6.03. The van der Waals surface area contributed by atoms with Crippen molar-refractivity contribution in [3.05, 3.63) is 28.8 Å². The van der Waals surface area contributed by atoms with Crippen molar-refractivity contribution < 1.29 is 8.42 Å². The van der Waals surface area contributed by atoms with Gasteiger partial charge >= 0.3 is 0 Å². The number of nitrogens with zero attached hydrogens (tertiary/aromatic N) is 1. The zero-order valence-electron chi connectivity index (χ0n) is 11.8. The predicted molar refractivity (Wildman–Crippen MR) is 78.8 cm³/mol. The molecule has 0 aliphatic carbocycles. The molecule has 1 aromatic rings. The summed E-state index contributed by atoms with van der Waals surface area (Å²) < 4.78 is 26.3. The van der Waals surface area contributed by atoms with Crippen LogP contribution in [-0.4, -0.2) is 32.9 Å². The maximum Gasteiger partial charge on any atom is 0.243 e. The fourth-order valence-corrected chi connectivity index (χ4v) is 3.61. The minimum absolute atomic E-state index is 0.262. The van der Waals surface area contributed by atoms with E-state index in [1.54, 1.807) is 32.2 Å². The summed E-state index contributed by atoms with van der Waals surface area (Å²) in [5, 5.41) is 0.529. The lowest BCUT2D eigenvalue weighted by molar-refractivity contribution is 0.292. The molecular formula is C13H21ClN2O2S. The lowest BCUT2D eigenvalue weighted by atomic mass is 9.94. The molecule has 0 spiro atoms. The molecule has 0 amide bonds. The van der Waals surface area contributed by atoms with E-state index in [1.807, 2.05) is 13.8 Å². The minimum Gasteiger partial charge on any atom is -0.330 e. The Morgan fingerprint density at radius 3 is 2.42 bits per heavy atom. The summed E-state index contributed by atoms with van der Waals surface area (Å²) in [7, 11) is -1.94. The lowest BCUT2D eigenvalue weighted by Crippen LogP contribution is -2.39. The Morgan fingerprint density at radius 2 is 1.95 bits per heavy atom. The highest BCUT2D eigenvalue weighted by Crippen LogP contribution is 2.24. The number of hydrogen-bond donors (Lipinski definition) is 1. The highest BCUT2D eigenvalue weighted by molar-refractivity contribution is 7.89. The molecule has 19 heavy (non-hydrogen) atoms. The van der Waals surface area contributed by atoms with E-state index in [4.69, 9.17) is 17.3 Å². The molecule has 0 bridgehead atoms. The zero-order chi connectivity index (χ0) is 14.8. The highest BCUT2D eigenvalue weighted by Gasteiger charge is 2.28. The fourth-order valence-electron chi connectivity index (χ4n) is 1.82. The quantitative estimate of drug-likeness (QED) is 0.907. The Bertz CT molecular complexity index is 556. The number of aryl methyl sites for hydroxylation is 1. The average Bonchev–Trinajstić information content (AvgIpc) is 2.27. The molecule has 6 heteroatoms. The van der Waals surface area contributed by atoms with Gasteiger partial charge in [0, 0.05) is 18.6 Å². The first-order chi connectivity index (χ1) is 8.60. The van der Waals surface area contributed by atoms with Gasteiger partial charge in [0.25, 0.3) is 0 Å². The largest absolute Gasteiger partial charge is 0.330 e. The Hall–Kier alpha value is -0.620. The SMILES string of the molecule is Cc1cc(Cl)ccc1S(=O)(=O)N(C)CC(C)(C)CN. The molecule has 0 atom stereocenters. The van der Waals surface area contributed by atoms with Crippen LogP contribution in [0.1, 0.15) is 19.4 Å². The van der Waals surface area contributed by atoms with E-state index in [0.29, 0.717) is 23.7 Å². The minimum atomic E-state index is -3.51. The van der Waals surface area contributed by atoms with Crippen molar-refractivity contribution in [1.82, 2.24) is 4.31 Å². The van der Waals surface area contributed by atoms with Crippen LogP contribution in [0, 0.1) is 12.3 Å². The second-order valence-electron chi connectivity index (χ2n) is 5.54. The van der Waals surface area contributed by atoms with Crippen LogP contribution in [0.5, 0.6) is 0 Å². The topological polar surface area (TPSA) is 63.4 Å². The summed E-state index contributed by atoms with van der Waals surface area (Å²) in [4.78, 5) is 0.284. The molecule has 1 rings (SSSR count). The van der Waals surface area contributed by atoms with Crippen molar-refractivity contribution in [1.29, 1.82) is 0 Å². The van der Waals surface area contributed by atoms with Crippen LogP contribution in [0.15, 0.2) is 23.1 Å². The number of hydrogen-bond acceptors (Lipinski definition) is 3. The van der Waals surface area contributed by atoms with Gasteiger partial charge in [-0.3, -0.25) is 0 Å². The average molecular weight is 305 g/mol. The van der Waals surface area contributed by atoms with Gasteiger partial charge in [0.1, 0.15) is 0 Å². The van der Waals surface area contributed by atoms with Gasteiger partial charge in [-0.25, -0.2) is 12.7 Å². The number of halogens is 1. The van der Waals surface area contributed by atoms with Crippen LogP contribution < -0.4 is 5.73 Å². The zero-order valence-corrected chi connectivity index (χ0v) is 13.3. The number of rotatable bonds is 5. The normalized spacial score (nSPS) is 13.0. The first-order valence-electron chi connectivity index (χ1n) is 6.03. The van der Waals surface area contributed by atoms with Gasteiger partial charge in [0.05, 0.1) is 4.90 Å². The monoisotopic (exact) mass is 304 g/mol. The van der Waals surface area contributed by atoms with Crippen LogP contribution in [0.25, 0.3) is 0 Å². The molecule has 0 unspecified atom stereocenters. The molecule has 0 radical (unpaired) electrons. The van der Waals surface area contributed by atoms with E-state index < -0.39 is 10.0 Å². The first kappa shape index (κ1) is 16.4. The van der Waals surface area contributed by atoms with E-state index >= 15 is 0 Å². The second-order valence-corrected chi connectivity index (χ2v) is 7.99. The molecule has 0 saturated heterocycles. The number of benzene rings is 1. The molecule has 0 aliphatic rings. The van der Waals surface area contributed by atoms with E-state index in [-0.39, 0.29) is 10.3 Å². The van der Waals surface area contributed by atoms with E-state index in [1.165, 1.54) is 4.31 Å². The maximum atomic E-state index is 12.5. The van der Waals surface area contributed by atoms with E-state index in [9.17, 15) is 8.42 Å². The van der Waals surface area contributed by atoms with Crippen molar-refractivity contribution >= 4 is 21.6 Å². The summed E-state index contributed by atoms with van der Waals surface area (Å²) in [5.74, 6) is 0. The third-order valence-electron chi connectivity index (χ3n) is 3.03. The van der Waals surface area contributed by atoms with Gasteiger partial charge < -0.3 is 5.73 Å². The Labute approximate surface area is 120 Å². The van der Waals surface area contributed by atoms with Crippen molar-refractivity contribution in [2.45, 2.75) is 25.7 Å².